The number of anilines is 3. The predicted octanol–water partition coefficient (Wildman–Crippen LogP) is 3.84. The third kappa shape index (κ3) is 3.70. The molecule has 25 heavy (non-hydrogen) atoms. The maximum Gasteiger partial charge on any atom is 0.247 e. The molecule has 1 fully saturated rings. The van der Waals surface area contributed by atoms with E-state index < -0.39 is 0 Å². The Bertz CT molecular complexity index is 856. The fraction of sp³-hybridized carbons (Fsp3) is 0.333. The summed E-state index contributed by atoms with van der Waals surface area (Å²) in [6.45, 7) is 0. The van der Waals surface area contributed by atoms with Gasteiger partial charge in [0.15, 0.2) is 5.65 Å². The Morgan fingerprint density at radius 1 is 1.04 bits per heavy atom. The van der Waals surface area contributed by atoms with E-state index in [1.165, 1.54) is 0 Å². The van der Waals surface area contributed by atoms with Gasteiger partial charge >= 0.3 is 0 Å². The fourth-order valence-corrected chi connectivity index (χ4v) is 3.29. The van der Waals surface area contributed by atoms with Crippen molar-refractivity contribution in [1.82, 2.24) is 14.6 Å². The highest BCUT2D eigenvalue weighted by Crippen LogP contribution is 2.23. The monoisotopic (exact) mass is 357 g/mol. The van der Waals surface area contributed by atoms with E-state index in [1.54, 1.807) is 0 Å². The average molecular weight is 358 g/mol. The van der Waals surface area contributed by atoms with E-state index in [2.05, 4.69) is 20.7 Å². The van der Waals surface area contributed by atoms with E-state index >= 15 is 0 Å². The molecule has 1 aromatic carbocycles. The fourth-order valence-electron chi connectivity index (χ4n) is 3.16. The maximum absolute atomic E-state index is 9.65. The van der Waals surface area contributed by atoms with Crippen molar-refractivity contribution in [3.63, 3.8) is 0 Å². The zero-order valence-corrected chi connectivity index (χ0v) is 14.4. The van der Waals surface area contributed by atoms with Crippen LogP contribution in [0.1, 0.15) is 25.7 Å². The minimum absolute atomic E-state index is 0.157. The van der Waals surface area contributed by atoms with Crippen LogP contribution in [0.15, 0.2) is 42.5 Å². The molecule has 1 aliphatic carbocycles. The number of hydrogen-bond acceptors (Lipinski definition) is 5. The third-order valence-electron chi connectivity index (χ3n) is 4.51. The molecule has 0 bridgehead atoms. The van der Waals surface area contributed by atoms with Crippen molar-refractivity contribution in [2.45, 2.75) is 37.8 Å². The zero-order chi connectivity index (χ0) is 17.2. The van der Waals surface area contributed by atoms with Gasteiger partial charge in [0.05, 0.1) is 6.10 Å². The van der Waals surface area contributed by atoms with Gasteiger partial charge in [0.1, 0.15) is 5.82 Å². The molecule has 0 spiro atoms. The third-order valence-corrected chi connectivity index (χ3v) is 4.76. The van der Waals surface area contributed by atoms with Crippen molar-refractivity contribution in [3.8, 4) is 0 Å². The molecule has 4 rings (SSSR count). The Hall–Kier alpha value is -2.31. The van der Waals surface area contributed by atoms with Crippen LogP contribution in [0.25, 0.3) is 5.65 Å². The Labute approximate surface area is 150 Å². The van der Waals surface area contributed by atoms with Crippen LogP contribution in [0, 0.1) is 0 Å². The number of nitrogens with one attached hydrogen (secondary N) is 2. The number of aliphatic hydroxyl groups excluding tert-OH is 1. The topological polar surface area (TPSA) is 74.5 Å². The number of halogens is 1. The summed E-state index contributed by atoms with van der Waals surface area (Å²) in [5, 5.41) is 21.6. The molecule has 2 aromatic heterocycles. The van der Waals surface area contributed by atoms with Crippen LogP contribution >= 0.6 is 11.6 Å². The van der Waals surface area contributed by atoms with E-state index in [1.807, 2.05) is 47.0 Å². The van der Waals surface area contributed by atoms with E-state index in [-0.39, 0.29) is 6.10 Å². The maximum atomic E-state index is 9.65. The number of aromatic nitrogens is 3. The second kappa shape index (κ2) is 6.90. The lowest BCUT2D eigenvalue weighted by atomic mass is 9.93. The number of rotatable bonds is 4. The number of fused-ring (bicyclic) bond motifs is 1. The molecular weight excluding hydrogens is 338 g/mol. The Morgan fingerprint density at radius 3 is 2.56 bits per heavy atom. The van der Waals surface area contributed by atoms with Crippen molar-refractivity contribution < 1.29 is 5.11 Å². The summed E-state index contributed by atoms with van der Waals surface area (Å²) in [7, 11) is 0. The lowest BCUT2D eigenvalue weighted by Gasteiger charge is -2.26. The highest BCUT2D eigenvalue weighted by Gasteiger charge is 2.20. The summed E-state index contributed by atoms with van der Waals surface area (Å²) in [6.07, 6.45) is 3.45. The average Bonchev–Trinajstić information content (AvgIpc) is 3.02. The van der Waals surface area contributed by atoms with Gasteiger partial charge in [-0.2, -0.15) is 9.50 Å². The minimum atomic E-state index is -0.157. The van der Waals surface area contributed by atoms with Crippen LogP contribution in [0.4, 0.5) is 17.5 Å². The number of hydrogen-bond donors (Lipinski definition) is 3. The second-order valence-electron chi connectivity index (χ2n) is 6.40. The van der Waals surface area contributed by atoms with Crippen LogP contribution < -0.4 is 10.6 Å². The first-order chi connectivity index (χ1) is 12.2. The van der Waals surface area contributed by atoms with Gasteiger partial charge in [-0.25, -0.2) is 0 Å². The lowest BCUT2D eigenvalue weighted by molar-refractivity contribution is 0.126. The molecule has 2 heterocycles. The van der Waals surface area contributed by atoms with Gasteiger partial charge in [-0.15, -0.1) is 5.10 Å². The smallest absolute Gasteiger partial charge is 0.247 e. The summed E-state index contributed by atoms with van der Waals surface area (Å²) < 4.78 is 1.81. The van der Waals surface area contributed by atoms with Gasteiger partial charge in [-0.1, -0.05) is 17.7 Å². The minimum Gasteiger partial charge on any atom is -0.393 e. The van der Waals surface area contributed by atoms with E-state index in [0.717, 1.165) is 42.8 Å². The van der Waals surface area contributed by atoms with E-state index in [0.29, 0.717) is 17.0 Å². The molecule has 1 saturated carbocycles. The van der Waals surface area contributed by atoms with Crippen LogP contribution in [-0.4, -0.2) is 31.9 Å². The van der Waals surface area contributed by atoms with Gasteiger partial charge in [-0.05, 0) is 62.1 Å². The molecule has 3 N–H and O–H groups in total. The molecular formula is C18H20ClN5O. The van der Waals surface area contributed by atoms with E-state index in [4.69, 9.17) is 11.6 Å². The molecule has 0 amide bonds. The summed E-state index contributed by atoms with van der Waals surface area (Å²) in [5.74, 6) is 1.45. The first-order valence-corrected chi connectivity index (χ1v) is 8.88. The molecule has 0 saturated heterocycles. The number of aliphatic hydroxyl groups is 1. The zero-order valence-electron chi connectivity index (χ0n) is 13.7. The number of benzene rings is 1. The van der Waals surface area contributed by atoms with Crippen molar-refractivity contribution >= 4 is 34.7 Å². The first-order valence-electron chi connectivity index (χ1n) is 8.50. The molecule has 7 heteroatoms. The van der Waals surface area contributed by atoms with E-state index in [9.17, 15) is 5.11 Å². The standard InChI is InChI=1S/C18H20ClN5O/c19-12-4-6-14(7-5-12)21-18-22-17-3-1-2-16(24(17)23-18)20-13-8-10-15(25)11-9-13/h1-7,13,15,20,25H,8-11H2,(H,21,23)/t13-,15+. The molecule has 0 unspecified atom stereocenters. The van der Waals surface area contributed by atoms with Gasteiger partial charge in [0.2, 0.25) is 5.95 Å². The van der Waals surface area contributed by atoms with Crippen LogP contribution in [0.2, 0.25) is 5.02 Å². The molecule has 1 aliphatic rings. The molecule has 3 aromatic rings. The SMILES string of the molecule is O[C@H]1CC[C@@H](Nc2cccc3nc(Nc4ccc(Cl)cc4)nn23)CC1. The van der Waals surface area contributed by atoms with Gasteiger partial charge in [0.25, 0.3) is 0 Å². The number of nitrogens with zero attached hydrogens (tertiary/aromatic N) is 3. The second-order valence-corrected chi connectivity index (χ2v) is 6.83. The van der Waals surface area contributed by atoms with Gasteiger partial charge in [-0.3, -0.25) is 0 Å². The van der Waals surface area contributed by atoms with Gasteiger partial charge in [0, 0.05) is 16.8 Å². The van der Waals surface area contributed by atoms with Crippen LogP contribution in [-0.2, 0) is 0 Å². The summed E-state index contributed by atoms with van der Waals surface area (Å²) in [5.41, 5.74) is 1.66. The predicted molar refractivity (Wildman–Crippen MR) is 99.6 cm³/mol. The Balaban J connectivity index is 1.54. The molecule has 6 nitrogen and oxygen atoms in total. The van der Waals surface area contributed by atoms with Crippen molar-refractivity contribution in [2.75, 3.05) is 10.6 Å². The van der Waals surface area contributed by atoms with Crippen molar-refractivity contribution in [1.29, 1.82) is 0 Å². The summed E-state index contributed by atoms with van der Waals surface area (Å²) in [6, 6.07) is 13.7. The highest BCUT2D eigenvalue weighted by atomic mass is 35.5. The molecule has 0 atom stereocenters. The van der Waals surface area contributed by atoms with Crippen LogP contribution in [0.5, 0.6) is 0 Å². The lowest BCUT2D eigenvalue weighted by Crippen LogP contribution is -2.29. The Morgan fingerprint density at radius 2 is 1.80 bits per heavy atom. The molecule has 0 aliphatic heterocycles. The van der Waals surface area contributed by atoms with Crippen LogP contribution in [0.3, 0.4) is 0 Å². The quantitative estimate of drug-likeness (QED) is 0.661. The summed E-state index contributed by atoms with van der Waals surface area (Å²) >= 11 is 5.91. The first kappa shape index (κ1) is 16.2. The van der Waals surface area contributed by atoms with Crippen molar-refractivity contribution in [3.05, 3.63) is 47.5 Å². The number of pyridine rings is 1. The summed E-state index contributed by atoms with van der Waals surface area (Å²) in [4.78, 5) is 4.52. The van der Waals surface area contributed by atoms with Gasteiger partial charge < -0.3 is 15.7 Å². The Kier molecular flexibility index (Phi) is 4.46. The largest absolute Gasteiger partial charge is 0.393 e. The molecule has 0 radical (unpaired) electrons. The van der Waals surface area contributed by atoms with Crippen molar-refractivity contribution in [2.24, 2.45) is 0 Å². The molecule has 130 valence electrons. The highest BCUT2D eigenvalue weighted by molar-refractivity contribution is 6.30. The normalized spacial score (nSPS) is 20.6.